The van der Waals surface area contributed by atoms with Gasteiger partial charge in [0.05, 0.1) is 27.1 Å². The van der Waals surface area contributed by atoms with Gasteiger partial charge in [0, 0.05) is 24.9 Å². The zero-order chi connectivity index (χ0) is 22.6. The summed E-state index contributed by atoms with van der Waals surface area (Å²) in [6, 6.07) is 4.81. The van der Waals surface area contributed by atoms with Crippen LogP contribution < -0.4 is 0 Å². The number of esters is 2. The molecule has 0 radical (unpaired) electrons. The molecule has 0 bridgehead atoms. The van der Waals surface area contributed by atoms with Crippen LogP contribution in [0, 0.1) is 0 Å². The highest BCUT2D eigenvalue weighted by Crippen LogP contribution is 2.45. The number of carbonyl (C=O) groups is 3. The van der Waals surface area contributed by atoms with Gasteiger partial charge < -0.3 is 19.5 Å². The number of ether oxygens (including phenoxy) is 2. The van der Waals surface area contributed by atoms with Gasteiger partial charge in [-0.25, -0.2) is 9.59 Å². The average Bonchev–Trinajstić information content (AvgIpc) is 2.67. The molecule has 0 aliphatic carbocycles. The standard InChI is InChI=1S/C21H23Cl2NO6/c1-5-7-15(25)29-10-30-21(28)17-12(3)24(4)11(2)16(20(26)27)18(17)13-8-6-9-14(22)19(13)23/h6,8-9,18H,5,7,10H2,1-4H3,(H,26,27)/t18-/m1/s1. The van der Waals surface area contributed by atoms with Crippen molar-refractivity contribution >= 4 is 41.1 Å². The maximum absolute atomic E-state index is 13.0. The molecule has 1 aromatic carbocycles. The third-order valence-corrected chi connectivity index (χ3v) is 5.80. The van der Waals surface area contributed by atoms with E-state index in [0.717, 1.165) is 0 Å². The van der Waals surface area contributed by atoms with Gasteiger partial charge in [-0.1, -0.05) is 42.3 Å². The number of benzene rings is 1. The first-order valence-electron chi connectivity index (χ1n) is 9.26. The zero-order valence-corrected chi connectivity index (χ0v) is 18.6. The Kier molecular flexibility index (Phi) is 7.92. The van der Waals surface area contributed by atoms with Crippen LogP contribution in [0.5, 0.6) is 0 Å². The fourth-order valence-electron chi connectivity index (χ4n) is 3.28. The lowest BCUT2D eigenvalue weighted by Gasteiger charge is -2.35. The number of hydrogen-bond acceptors (Lipinski definition) is 6. The van der Waals surface area contributed by atoms with E-state index in [2.05, 4.69) is 0 Å². The molecule has 1 aliphatic rings. The zero-order valence-electron chi connectivity index (χ0n) is 17.1. The lowest BCUT2D eigenvalue weighted by Crippen LogP contribution is -2.33. The second-order valence-electron chi connectivity index (χ2n) is 6.75. The van der Waals surface area contributed by atoms with Crippen molar-refractivity contribution in [3.05, 3.63) is 56.3 Å². The van der Waals surface area contributed by atoms with E-state index in [1.54, 1.807) is 44.0 Å². The number of carboxylic acids is 1. The molecule has 1 atom stereocenters. The van der Waals surface area contributed by atoms with Crippen molar-refractivity contribution in [2.75, 3.05) is 13.8 Å². The number of aliphatic carboxylic acids is 1. The van der Waals surface area contributed by atoms with Crippen molar-refractivity contribution in [2.24, 2.45) is 0 Å². The van der Waals surface area contributed by atoms with Crippen molar-refractivity contribution in [3.63, 3.8) is 0 Å². The molecule has 30 heavy (non-hydrogen) atoms. The van der Waals surface area contributed by atoms with Gasteiger partial charge in [-0.3, -0.25) is 4.79 Å². The van der Waals surface area contributed by atoms with Crippen LogP contribution in [-0.2, 0) is 23.9 Å². The molecule has 0 aromatic heterocycles. The first-order chi connectivity index (χ1) is 14.1. The molecule has 1 aliphatic heterocycles. The molecule has 0 spiro atoms. The summed E-state index contributed by atoms with van der Waals surface area (Å²) in [5, 5.41) is 10.3. The lowest BCUT2D eigenvalue weighted by molar-refractivity contribution is -0.164. The lowest BCUT2D eigenvalue weighted by atomic mass is 9.80. The Balaban J connectivity index is 2.51. The number of halogens is 2. The molecule has 1 N–H and O–H groups in total. The molecule has 7 nitrogen and oxygen atoms in total. The topological polar surface area (TPSA) is 93.1 Å². The summed E-state index contributed by atoms with van der Waals surface area (Å²) in [5.74, 6) is -3.51. The van der Waals surface area contributed by atoms with E-state index in [4.69, 9.17) is 32.7 Å². The number of nitrogens with zero attached hydrogens (tertiary/aromatic N) is 1. The van der Waals surface area contributed by atoms with E-state index >= 15 is 0 Å². The Morgan fingerprint density at radius 3 is 2.33 bits per heavy atom. The molecule has 162 valence electrons. The van der Waals surface area contributed by atoms with Crippen LogP contribution in [0.1, 0.15) is 45.1 Å². The first-order valence-corrected chi connectivity index (χ1v) is 10.0. The van der Waals surface area contributed by atoms with Gasteiger partial charge in [-0.2, -0.15) is 0 Å². The largest absolute Gasteiger partial charge is 0.478 e. The minimum atomic E-state index is -1.20. The Bertz CT molecular complexity index is 937. The van der Waals surface area contributed by atoms with Gasteiger partial charge in [0.25, 0.3) is 0 Å². The number of allylic oxidation sites excluding steroid dienone is 2. The smallest absolute Gasteiger partial charge is 0.339 e. The SMILES string of the molecule is CCCC(=O)OCOC(=O)C1=C(C)N(C)C(C)=C(C(=O)O)[C@H]1c1cccc(Cl)c1Cl. The van der Waals surface area contributed by atoms with Gasteiger partial charge in [-0.05, 0) is 31.9 Å². The summed E-state index contributed by atoms with van der Waals surface area (Å²) in [6.07, 6.45) is 0.803. The van der Waals surface area contributed by atoms with Crippen LogP contribution in [-0.4, -0.2) is 41.8 Å². The predicted molar refractivity (Wildman–Crippen MR) is 112 cm³/mol. The Hall–Kier alpha value is -2.51. The average molecular weight is 456 g/mol. The van der Waals surface area contributed by atoms with Crippen LogP contribution in [0.25, 0.3) is 0 Å². The molecular weight excluding hydrogens is 433 g/mol. The van der Waals surface area contributed by atoms with Crippen LogP contribution in [0.15, 0.2) is 40.7 Å². The van der Waals surface area contributed by atoms with Gasteiger partial charge in [0.2, 0.25) is 6.79 Å². The van der Waals surface area contributed by atoms with Gasteiger partial charge >= 0.3 is 17.9 Å². The van der Waals surface area contributed by atoms with Crippen LogP contribution in [0.2, 0.25) is 10.0 Å². The second-order valence-corrected chi connectivity index (χ2v) is 7.54. The minimum absolute atomic E-state index is 0.0257. The molecule has 0 fully saturated rings. The van der Waals surface area contributed by atoms with E-state index in [9.17, 15) is 19.5 Å². The van der Waals surface area contributed by atoms with Crippen molar-refractivity contribution in [2.45, 2.75) is 39.5 Å². The molecule has 2 rings (SSSR count). The Morgan fingerprint density at radius 1 is 1.10 bits per heavy atom. The van der Waals surface area contributed by atoms with E-state index in [-0.39, 0.29) is 27.6 Å². The fraction of sp³-hybridized carbons (Fsp3) is 0.381. The van der Waals surface area contributed by atoms with E-state index < -0.39 is 30.6 Å². The molecule has 1 aromatic rings. The number of hydrogen-bond donors (Lipinski definition) is 1. The highest BCUT2D eigenvalue weighted by Gasteiger charge is 2.40. The molecule has 1 heterocycles. The van der Waals surface area contributed by atoms with Gasteiger partial charge in [0.15, 0.2) is 0 Å². The predicted octanol–water partition coefficient (Wildman–Crippen LogP) is 4.50. The van der Waals surface area contributed by atoms with Gasteiger partial charge in [-0.15, -0.1) is 0 Å². The first kappa shape index (κ1) is 23.8. The van der Waals surface area contributed by atoms with Crippen molar-refractivity contribution in [1.82, 2.24) is 4.90 Å². The van der Waals surface area contributed by atoms with E-state index in [1.165, 1.54) is 0 Å². The maximum atomic E-state index is 13.0. The van der Waals surface area contributed by atoms with Gasteiger partial charge in [0.1, 0.15) is 0 Å². The quantitative estimate of drug-likeness (QED) is 0.477. The number of carboxylic acid groups (broad SMARTS) is 1. The summed E-state index contributed by atoms with van der Waals surface area (Å²) in [7, 11) is 1.65. The molecule has 0 saturated carbocycles. The molecule has 9 heteroatoms. The van der Waals surface area contributed by atoms with Crippen LogP contribution in [0.3, 0.4) is 0 Å². The molecule has 0 amide bonds. The van der Waals surface area contributed by atoms with E-state index in [0.29, 0.717) is 23.4 Å². The monoisotopic (exact) mass is 455 g/mol. The summed E-state index contributed by atoms with van der Waals surface area (Å²) in [4.78, 5) is 38.2. The van der Waals surface area contributed by atoms with Crippen molar-refractivity contribution in [1.29, 1.82) is 0 Å². The number of rotatable bonds is 7. The molecule has 0 saturated heterocycles. The highest BCUT2D eigenvalue weighted by molar-refractivity contribution is 6.42. The Morgan fingerprint density at radius 2 is 1.73 bits per heavy atom. The molecular formula is C21H23Cl2NO6. The maximum Gasteiger partial charge on any atom is 0.339 e. The minimum Gasteiger partial charge on any atom is -0.478 e. The normalized spacial score (nSPS) is 16.6. The van der Waals surface area contributed by atoms with Crippen LogP contribution in [0.4, 0.5) is 0 Å². The second kappa shape index (κ2) is 10.00. The van der Waals surface area contributed by atoms with E-state index in [1.807, 2.05) is 6.92 Å². The third-order valence-electron chi connectivity index (χ3n) is 4.97. The third kappa shape index (κ3) is 4.79. The molecule has 0 unspecified atom stereocenters. The van der Waals surface area contributed by atoms with Crippen LogP contribution >= 0.6 is 23.2 Å². The summed E-state index contributed by atoms with van der Waals surface area (Å²) in [6.45, 7) is 4.57. The highest BCUT2D eigenvalue weighted by atomic mass is 35.5. The number of carbonyl (C=O) groups excluding carboxylic acids is 2. The summed E-state index contributed by atoms with van der Waals surface area (Å²) in [5.41, 5.74) is 1.36. The van der Waals surface area contributed by atoms with Crippen molar-refractivity contribution < 1.29 is 29.0 Å². The summed E-state index contributed by atoms with van der Waals surface area (Å²) < 4.78 is 10.0. The summed E-state index contributed by atoms with van der Waals surface area (Å²) >= 11 is 12.5. The fourth-order valence-corrected chi connectivity index (χ4v) is 3.69. The Labute approximate surface area is 184 Å². The van der Waals surface area contributed by atoms with Crippen molar-refractivity contribution in [3.8, 4) is 0 Å².